The van der Waals surface area contributed by atoms with Crippen LogP contribution in [0.2, 0.25) is 0 Å². The Morgan fingerprint density at radius 2 is 2.06 bits per heavy atom. The summed E-state index contributed by atoms with van der Waals surface area (Å²) in [4.78, 5) is 3.59. The molecule has 2 rings (SSSR count). The minimum Gasteiger partial charge on any atom is -0.387 e. The van der Waals surface area contributed by atoms with Crippen LogP contribution in [0.4, 0.5) is 0 Å². The first-order chi connectivity index (χ1) is 8.36. The minimum atomic E-state index is -0.392. The van der Waals surface area contributed by atoms with E-state index in [0.29, 0.717) is 6.42 Å². The lowest BCUT2D eigenvalue weighted by Crippen LogP contribution is -2.07. The molecule has 0 amide bonds. The van der Waals surface area contributed by atoms with E-state index in [1.807, 2.05) is 0 Å². The van der Waals surface area contributed by atoms with E-state index in [1.54, 1.807) is 22.7 Å². The van der Waals surface area contributed by atoms with E-state index in [0.717, 1.165) is 9.35 Å². The molecule has 2 aromatic heterocycles. The molecule has 0 aromatic carbocycles. The molecule has 0 aliphatic rings. The highest BCUT2D eigenvalue weighted by Gasteiger charge is 2.19. The summed E-state index contributed by atoms with van der Waals surface area (Å²) in [5.41, 5.74) is 0.161. The molecule has 2 aromatic rings. The molecule has 0 aliphatic carbocycles. The first kappa shape index (κ1) is 14.3. The Kier molecular flexibility index (Phi) is 4.32. The van der Waals surface area contributed by atoms with Crippen molar-refractivity contribution in [1.29, 1.82) is 0 Å². The van der Waals surface area contributed by atoms with Gasteiger partial charge in [0.1, 0.15) is 0 Å². The Balaban J connectivity index is 2.09. The third-order valence-corrected chi connectivity index (χ3v) is 6.04. The molecule has 0 aliphatic heterocycles. The number of rotatable bonds is 3. The highest BCUT2D eigenvalue weighted by atomic mass is 79.9. The van der Waals surface area contributed by atoms with Crippen LogP contribution in [-0.4, -0.2) is 5.11 Å². The van der Waals surface area contributed by atoms with E-state index in [9.17, 15) is 5.11 Å². The van der Waals surface area contributed by atoms with Gasteiger partial charge in [-0.15, -0.1) is 22.7 Å². The third-order valence-electron chi connectivity index (χ3n) is 2.71. The van der Waals surface area contributed by atoms with Crippen molar-refractivity contribution in [1.82, 2.24) is 0 Å². The fraction of sp³-hybridized carbons (Fsp3) is 0.429. The van der Waals surface area contributed by atoms with Gasteiger partial charge in [-0.05, 0) is 39.5 Å². The zero-order chi connectivity index (χ0) is 13.3. The van der Waals surface area contributed by atoms with Crippen LogP contribution in [0.15, 0.2) is 28.1 Å². The fourth-order valence-corrected chi connectivity index (χ4v) is 4.23. The summed E-state index contributed by atoms with van der Waals surface area (Å²) in [6.45, 7) is 6.60. The number of aliphatic hydroxyl groups is 1. The normalized spacial score (nSPS) is 13.8. The van der Waals surface area contributed by atoms with Crippen molar-refractivity contribution in [3.8, 4) is 0 Å². The molecule has 4 heteroatoms. The first-order valence-electron chi connectivity index (χ1n) is 5.87. The molecule has 1 nitrogen and oxygen atoms in total. The second-order valence-corrected chi connectivity index (χ2v) is 8.43. The number of hydrogen-bond donors (Lipinski definition) is 1. The SMILES string of the molecule is CC(C)(C)c1ccc(C(O)Cc2cc(Br)cs2)s1. The van der Waals surface area contributed by atoms with Gasteiger partial charge in [0.25, 0.3) is 0 Å². The second-order valence-electron chi connectivity index (χ2n) is 5.40. The predicted octanol–water partition coefficient (Wildman–Crippen LogP) is 5.15. The quantitative estimate of drug-likeness (QED) is 0.816. The van der Waals surface area contributed by atoms with Crippen LogP contribution in [0.25, 0.3) is 0 Å². The van der Waals surface area contributed by atoms with E-state index < -0.39 is 6.10 Å². The van der Waals surface area contributed by atoms with Crippen LogP contribution in [-0.2, 0) is 11.8 Å². The van der Waals surface area contributed by atoms with Crippen molar-refractivity contribution in [2.75, 3.05) is 0 Å². The van der Waals surface area contributed by atoms with Crippen molar-refractivity contribution in [3.63, 3.8) is 0 Å². The Morgan fingerprint density at radius 1 is 1.33 bits per heavy atom. The summed E-state index contributed by atoms with van der Waals surface area (Å²) in [6, 6.07) is 6.26. The van der Waals surface area contributed by atoms with Gasteiger partial charge in [-0.2, -0.15) is 0 Å². The lowest BCUT2D eigenvalue weighted by Gasteiger charge is -2.15. The fourth-order valence-electron chi connectivity index (χ4n) is 1.69. The van der Waals surface area contributed by atoms with E-state index >= 15 is 0 Å². The number of thiophene rings is 2. The van der Waals surface area contributed by atoms with Gasteiger partial charge in [0.2, 0.25) is 0 Å². The highest BCUT2D eigenvalue weighted by molar-refractivity contribution is 9.10. The van der Waals surface area contributed by atoms with E-state index in [1.165, 1.54) is 9.75 Å². The van der Waals surface area contributed by atoms with E-state index in [-0.39, 0.29) is 5.41 Å². The topological polar surface area (TPSA) is 20.2 Å². The zero-order valence-corrected chi connectivity index (χ0v) is 14.0. The molecule has 0 radical (unpaired) electrons. The zero-order valence-electron chi connectivity index (χ0n) is 10.7. The second kappa shape index (κ2) is 5.45. The summed E-state index contributed by atoms with van der Waals surface area (Å²) >= 11 is 6.84. The van der Waals surface area contributed by atoms with Gasteiger partial charge in [0.05, 0.1) is 6.10 Å². The monoisotopic (exact) mass is 344 g/mol. The maximum absolute atomic E-state index is 10.3. The summed E-state index contributed by atoms with van der Waals surface area (Å²) in [6.07, 6.45) is 0.303. The molecule has 0 bridgehead atoms. The average molecular weight is 345 g/mol. The largest absolute Gasteiger partial charge is 0.387 e. The average Bonchev–Trinajstić information content (AvgIpc) is 2.85. The van der Waals surface area contributed by atoms with Crippen LogP contribution in [0.5, 0.6) is 0 Å². The lowest BCUT2D eigenvalue weighted by atomic mass is 9.95. The number of aliphatic hydroxyl groups excluding tert-OH is 1. The minimum absolute atomic E-state index is 0.161. The molecule has 2 heterocycles. The Bertz CT molecular complexity index is 522. The Labute approximate surface area is 125 Å². The molecular formula is C14H17BrOS2. The molecule has 1 atom stereocenters. The van der Waals surface area contributed by atoms with Gasteiger partial charge in [-0.1, -0.05) is 20.8 Å². The van der Waals surface area contributed by atoms with Gasteiger partial charge < -0.3 is 5.11 Å². The van der Waals surface area contributed by atoms with Crippen molar-refractivity contribution in [3.05, 3.63) is 42.7 Å². The van der Waals surface area contributed by atoms with Crippen LogP contribution < -0.4 is 0 Å². The van der Waals surface area contributed by atoms with Crippen LogP contribution in [0, 0.1) is 0 Å². The highest BCUT2D eigenvalue weighted by Crippen LogP contribution is 2.34. The molecule has 1 N–H and O–H groups in total. The van der Waals surface area contributed by atoms with Gasteiger partial charge in [-0.3, -0.25) is 0 Å². The summed E-state index contributed by atoms with van der Waals surface area (Å²) in [5, 5.41) is 12.3. The van der Waals surface area contributed by atoms with Crippen LogP contribution in [0.3, 0.4) is 0 Å². The van der Waals surface area contributed by atoms with Gasteiger partial charge in [-0.25, -0.2) is 0 Å². The van der Waals surface area contributed by atoms with Crippen LogP contribution in [0.1, 0.15) is 41.5 Å². The maximum atomic E-state index is 10.3. The maximum Gasteiger partial charge on any atom is 0.0930 e. The van der Waals surface area contributed by atoms with Gasteiger partial charge in [0.15, 0.2) is 0 Å². The summed E-state index contributed by atoms with van der Waals surface area (Å²) in [5.74, 6) is 0. The van der Waals surface area contributed by atoms with Crippen LogP contribution >= 0.6 is 38.6 Å². The van der Waals surface area contributed by atoms with Crippen molar-refractivity contribution < 1.29 is 5.11 Å². The Hall–Kier alpha value is -0.160. The predicted molar refractivity (Wildman–Crippen MR) is 83.7 cm³/mol. The van der Waals surface area contributed by atoms with Crippen molar-refractivity contribution >= 4 is 38.6 Å². The molecule has 98 valence electrons. The summed E-state index contributed by atoms with van der Waals surface area (Å²) in [7, 11) is 0. The van der Waals surface area contributed by atoms with Gasteiger partial charge in [0, 0.05) is 30.9 Å². The lowest BCUT2D eigenvalue weighted by molar-refractivity contribution is 0.183. The molecule has 0 fully saturated rings. The first-order valence-corrected chi connectivity index (χ1v) is 8.36. The van der Waals surface area contributed by atoms with Crippen molar-refractivity contribution in [2.45, 2.75) is 38.7 Å². The molecule has 0 saturated heterocycles. The number of hydrogen-bond acceptors (Lipinski definition) is 3. The smallest absolute Gasteiger partial charge is 0.0930 e. The third kappa shape index (κ3) is 3.44. The molecule has 18 heavy (non-hydrogen) atoms. The van der Waals surface area contributed by atoms with E-state index in [4.69, 9.17) is 0 Å². The molecule has 0 spiro atoms. The van der Waals surface area contributed by atoms with Crippen molar-refractivity contribution in [2.24, 2.45) is 0 Å². The van der Waals surface area contributed by atoms with E-state index in [2.05, 4.69) is 60.3 Å². The molecule has 0 saturated carbocycles. The standard InChI is InChI=1S/C14H17BrOS2/c1-14(2,3)13-5-4-12(18-13)11(16)7-10-6-9(15)8-17-10/h4-6,8,11,16H,7H2,1-3H3. The van der Waals surface area contributed by atoms with Gasteiger partial charge >= 0.3 is 0 Å². The molecular weight excluding hydrogens is 328 g/mol. The number of halogens is 1. The molecule has 1 unspecified atom stereocenters. The summed E-state index contributed by atoms with van der Waals surface area (Å²) < 4.78 is 1.09. The Morgan fingerprint density at radius 3 is 2.56 bits per heavy atom.